The lowest BCUT2D eigenvalue weighted by molar-refractivity contribution is -0.318. The van der Waals surface area contributed by atoms with Gasteiger partial charge in [-0.25, -0.2) is 0 Å². The van der Waals surface area contributed by atoms with E-state index in [0.717, 1.165) is 0 Å². The van der Waals surface area contributed by atoms with Gasteiger partial charge in [0.15, 0.2) is 6.29 Å². The number of rotatable bonds is 5. The van der Waals surface area contributed by atoms with Gasteiger partial charge in [-0.15, -0.1) is 0 Å². The van der Waals surface area contributed by atoms with Crippen molar-refractivity contribution in [2.24, 2.45) is 0 Å². The maximum Gasteiger partial charge on any atom is 0.219 e. The quantitative estimate of drug-likeness (QED) is 0.238. The van der Waals surface area contributed by atoms with Crippen LogP contribution < -0.4 is 0 Å². The molecule has 0 aromatic carbocycles. The molecule has 2 heterocycles. The molecule has 2 saturated heterocycles. The second-order valence-electron chi connectivity index (χ2n) is 5.58. The molecule has 2 fully saturated rings. The van der Waals surface area contributed by atoms with Crippen LogP contribution in [0.15, 0.2) is 0 Å². The maximum atomic E-state index is 10.00. The molecule has 0 aliphatic carbocycles. The van der Waals surface area contributed by atoms with E-state index in [4.69, 9.17) is 24.4 Å². The van der Waals surface area contributed by atoms with Crippen molar-refractivity contribution in [3.8, 4) is 0 Å². The summed E-state index contributed by atoms with van der Waals surface area (Å²) in [5.74, 6) is -2.37. The molecule has 0 aromatic heterocycles. The van der Waals surface area contributed by atoms with Gasteiger partial charge in [-0.1, -0.05) is 0 Å². The molecule has 2 aliphatic rings. The predicted molar refractivity (Wildman–Crippen MR) is 68.6 cm³/mol. The number of hydrogen-bond acceptors (Lipinski definition) is 11. The first-order valence-electron chi connectivity index (χ1n) is 7.05. The van der Waals surface area contributed by atoms with Gasteiger partial charge in [0.2, 0.25) is 5.79 Å². The average Bonchev–Trinajstić information content (AvgIpc) is 2.80. The molecule has 0 aromatic rings. The molecule has 0 radical (unpaired) electrons. The maximum absolute atomic E-state index is 10.00. The Labute approximate surface area is 130 Å². The smallest absolute Gasteiger partial charge is 0.219 e. The van der Waals surface area contributed by atoms with Crippen molar-refractivity contribution < 1.29 is 55.1 Å². The highest BCUT2D eigenvalue weighted by Crippen LogP contribution is 2.33. The summed E-state index contributed by atoms with van der Waals surface area (Å²) < 4.78 is 15.3. The van der Waals surface area contributed by atoms with Crippen molar-refractivity contribution in [2.75, 3.05) is 19.8 Å². The standard InChI is InChI=1S/C12H22O11/c13-1-4-6(16)7(17)8(18)11(21-4)22-9-5(2-14)23-12(20,3-15)10(9)19/h4-11,13-20H,1-3H2/t4-,5-,6+,7-,8-,9+,10+,11-,12+/m0/s1. The summed E-state index contributed by atoms with van der Waals surface area (Å²) in [5, 5.41) is 76.5. The Hall–Kier alpha value is -0.440. The second-order valence-corrected chi connectivity index (χ2v) is 5.58. The molecule has 0 unspecified atom stereocenters. The van der Waals surface area contributed by atoms with Crippen LogP contribution >= 0.6 is 0 Å². The van der Waals surface area contributed by atoms with E-state index in [-0.39, 0.29) is 0 Å². The third kappa shape index (κ3) is 3.36. The van der Waals surface area contributed by atoms with E-state index in [1.165, 1.54) is 0 Å². The zero-order chi connectivity index (χ0) is 17.4. The van der Waals surface area contributed by atoms with Crippen molar-refractivity contribution in [2.45, 2.75) is 54.8 Å². The monoisotopic (exact) mass is 342 g/mol. The molecule has 11 heteroatoms. The van der Waals surface area contributed by atoms with Crippen molar-refractivity contribution in [1.82, 2.24) is 0 Å². The first-order chi connectivity index (χ1) is 10.8. The minimum Gasteiger partial charge on any atom is -0.394 e. The third-order valence-corrected chi connectivity index (χ3v) is 4.04. The Bertz CT molecular complexity index is 393. The van der Waals surface area contributed by atoms with Crippen LogP contribution in [0.4, 0.5) is 0 Å². The minimum absolute atomic E-state index is 0.668. The summed E-state index contributed by atoms with van der Waals surface area (Å²) in [6.45, 7) is -2.32. The molecule has 8 N–H and O–H groups in total. The van der Waals surface area contributed by atoms with Crippen LogP contribution in [-0.4, -0.2) is 115 Å². The van der Waals surface area contributed by atoms with Crippen molar-refractivity contribution in [3.63, 3.8) is 0 Å². The van der Waals surface area contributed by atoms with Crippen LogP contribution in [0.1, 0.15) is 0 Å². The van der Waals surface area contributed by atoms with Gasteiger partial charge in [0.05, 0.1) is 19.8 Å². The highest BCUT2D eigenvalue weighted by molar-refractivity contribution is 4.98. The summed E-state index contributed by atoms with van der Waals surface area (Å²) in [4.78, 5) is 0. The van der Waals surface area contributed by atoms with Crippen LogP contribution in [-0.2, 0) is 14.2 Å². The lowest BCUT2D eigenvalue weighted by atomic mass is 9.99. The fourth-order valence-electron chi connectivity index (χ4n) is 2.63. The normalized spacial score (nSPS) is 51.1. The van der Waals surface area contributed by atoms with Crippen LogP contribution in [0.3, 0.4) is 0 Å². The first kappa shape index (κ1) is 18.9. The molecule has 2 rings (SSSR count). The highest BCUT2D eigenvalue weighted by atomic mass is 16.7. The Balaban J connectivity index is 2.13. The molecule has 0 bridgehead atoms. The predicted octanol–water partition coefficient (Wildman–Crippen LogP) is -5.40. The molecule has 2 aliphatic heterocycles. The zero-order valence-corrected chi connectivity index (χ0v) is 12.0. The summed E-state index contributed by atoms with van der Waals surface area (Å²) in [5.41, 5.74) is 0. The SMILES string of the molecule is OC[C@@H]1O[C@@H](O[C@@H]2[C@H](CO)O[C@](O)(CO)[C@@H]2O)[C@@H](O)[C@@H](O)[C@@H]1O. The molecule has 0 saturated carbocycles. The average molecular weight is 342 g/mol. The van der Waals surface area contributed by atoms with Crippen LogP contribution in [0.25, 0.3) is 0 Å². The van der Waals surface area contributed by atoms with E-state index in [9.17, 15) is 30.6 Å². The molecule has 23 heavy (non-hydrogen) atoms. The Morgan fingerprint density at radius 2 is 1.48 bits per heavy atom. The Morgan fingerprint density at radius 1 is 0.870 bits per heavy atom. The van der Waals surface area contributed by atoms with Crippen molar-refractivity contribution in [1.29, 1.82) is 0 Å². The van der Waals surface area contributed by atoms with Gasteiger partial charge in [0.25, 0.3) is 0 Å². The fraction of sp³-hybridized carbons (Fsp3) is 1.00. The van der Waals surface area contributed by atoms with Gasteiger partial charge in [0, 0.05) is 0 Å². The van der Waals surface area contributed by atoms with E-state index < -0.39 is 74.6 Å². The molecular weight excluding hydrogens is 320 g/mol. The molecular formula is C12H22O11. The summed E-state index contributed by atoms with van der Waals surface area (Å²) in [6.07, 6.45) is -12.2. The minimum atomic E-state index is -2.37. The number of aliphatic hydroxyl groups is 8. The van der Waals surface area contributed by atoms with Gasteiger partial charge in [-0.05, 0) is 0 Å². The fourth-order valence-corrected chi connectivity index (χ4v) is 2.63. The van der Waals surface area contributed by atoms with Gasteiger partial charge in [0.1, 0.15) is 42.7 Å². The number of aliphatic hydroxyl groups excluding tert-OH is 7. The second kappa shape index (κ2) is 7.21. The zero-order valence-electron chi connectivity index (χ0n) is 12.0. The highest BCUT2D eigenvalue weighted by Gasteiger charge is 2.56. The summed E-state index contributed by atoms with van der Waals surface area (Å²) >= 11 is 0. The van der Waals surface area contributed by atoms with E-state index in [0.29, 0.717) is 0 Å². The van der Waals surface area contributed by atoms with E-state index >= 15 is 0 Å². The van der Waals surface area contributed by atoms with E-state index in [1.54, 1.807) is 0 Å². The van der Waals surface area contributed by atoms with Gasteiger partial charge >= 0.3 is 0 Å². The molecule has 11 nitrogen and oxygen atoms in total. The molecule has 0 amide bonds. The lowest BCUT2D eigenvalue weighted by Gasteiger charge is -2.41. The van der Waals surface area contributed by atoms with Gasteiger partial charge < -0.3 is 55.1 Å². The number of ether oxygens (including phenoxy) is 3. The lowest BCUT2D eigenvalue weighted by Crippen LogP contribution is -2.60. The van der Waals surface area contributed by atoms with Crippen molar-refractivity contribution >= 4 is 0 Å². The largest absolute Gasteiger partial charge is 0.394 e. The molecule has 0 spiro atoms. The Kier molecular flexibility index (Phi) is 5.92. The number of hydrogen-bond donors (Lipinski definition) is 8. The third-order valence-electron chi connectivity index (χ3n) is 4.04. The van der Waals surface area contributed by atoms with Crippen LogP contribution in [0, 0.1) is 0 Å². The van der Waals surface area contributed by atoms with Crippen LogP contribution in [0.5, 0.6) is 0 Å². The van der Waals surface area contributed by atoms with E-state index in [2.05, 4.69) is 0 Å². The summed E-state index contributed by atoms with van der Waals surface area (Å²) in [7, 11) is 0. The molecule has 136 valence electrons. The molecule has 9 atom stereocenters. The van der Waals surface area contributed by atoms with Gasteiger partial charge in [-0.3, -0.25) is 0 Å². The van der Waals surface area contributed by atoms with Crippen molar-refractivity contribution in [3.05, 3.63) is 0 Å². The summed E-state index contributed by atoms with van der Waals surface area (Å²) in [6, 6.07) is 0. The van der Waals surface area contributed by atoms with E-state index in [1.807, 2.05) is 0 Å². The first-order valence-corrected chi connectivity index (χ1v) is 7.05. The van der Waals surface area contributed by atoms with Crippen LogP contribution in [0.2, 0.25) is 0 Å². The topological polar surface area (TPSA) is 190 Å². The van der Waals surface area contributed by atoms with Gasteiger partial charge in [-0.2, -0.15) is 0 Å². The Morgan fingerprint density at radius 3 is 2.00 bits per heavy atom.